The fraction of sp³-hybridized carbons (Fsp3) is 0.687. The number of hydrogen-bond acceptors (Lipinski definition) is 13. The van der Waals surface area contributed by atoms with Gasteiger partial charge in [0.05, 0.1) is 25.5 Å². The zero-order valence-electron chi connectivity index (χ0n) is 57.7. The predicted molar refractivity (Wildman–Crippen MR) is 349 cm³/mol. The van der Waals surface area contributed by atoms with Gasteiger partial charge in [-0.3, -0.25) is 53.5 Å². The number of halogens is 4. The third-order valence-electron chi connectivity index (χ3n) is 16.7. The summed E-state index contributed by atoms with van der Waals surface area (Å²) >= 11 is 0. The maximum Gasteiger partial charge on any atom is 0.330 e. The number of nitrogens with two attached hydrogens (primary N) is 1. The zero-order chi connectivity index (χ0) is 70.0. The van der Waals surface area contributed by atoms with Crippen LogP contribution in [-0.2, 0) is 55.9 Å². The molecule has 1 fully saturated rings. The maximum absolute atomic E-state index is 14.9. The number of imide groups is 1. The lowest BCUT2D eigenvalue weighted by atomic mass is 10.00. The highest BCUT2D eigenvalue weighted by molar-refractivity contribution is 6.04. The average molecular weight is 1320 g/mol. The van der Waals surface area contributed by atoms with Crippen LogP contribution in [-0.4, -0.2) is 242 Å². The number of carbonyl (C=O) groups is 9. The van der Waals surface area contributed by atoms with E-state index in [-0.39, 0.29) is 68.6 Å². The second-order valence-corrected chi connectivity index (χ2v) is 26.2. The number of urea groups is 1. The summed E-state index contributed by atoms with van der Waals surface area (Å²) in [6.07, 6.45) is -1.41. The molecule has 8 atom stereocenters. The Hall–Kier alpha value is -6.77. The van der Waals surface area contributed by atoms with E-state index in [1.165, 1.54) is 33.1 Å². The normalized spacial score (nSPS) is 15.4. The van der Waals surface area contributed by atoms with Gasteiger partial charge >= 0.3 is 18.4 Å². The standard InChI is InChI=1S/C67H108F4N12O10/c1-16-31-83(58(85)39-57(84)82-32-25-20-26-33-82)66(92)80(14)53(37-48-27-21-18-22-28-48)61(88)75-51(42-93-43-67(70,71)65(68)69)63(90)79(13)52(34-44(3)4)60(87)74-50(17-2)62(89)77(11)41-59(86)78(12)54(38-49-29-23-19-24-30-49)64(91)81(15)56(36-46(7)8)73-47(9)40-76(10)55(72)35-45(5)6/h18-19,21-24,27-30,44-47,50-56,65,73H,16-17,20,25-26,31-43,72H2,1-15H3,(H,74,87)(H,75,88)/t47?,50-,51-,52-,53-,54-,55-,56-/m0/s1. The lowest BCUT2D eigenvalue weighted by molar-refractivity contribution is -0.169. The van der Waals surface area contributed by atoms with Gasteiger partial charge in [-0.15, -0.1) is 0 Å². The zero-order valence-corrected chi connectivity index (χ0v) is 57.7. The van der Waals surface area contributed by atoms with E-state index in [1.807, 2.05) is 44.3 Å². The van der Waals surface area contributed by atoms with Crippen molar-refractivity contribution in [1.29, 1.82) is 0 Å². The van der Waals surface area contributed by atoms with Gasteiger partial charge in [-0.25, -0.2) is 13.6 Å². The van der Waals surface area contributed by atoms with Crippen molar-refractivity contribution in [2.75, 3.05) is 88.2 Å². The lowest BCUT2D eigenvalue weighted by Gasteiger charge is -2.38. The summed E-state index contributed by atoms with van der Waals surface area (Å²) in [5.41, 5.74) is 7.79. The molecule has 3 rings (SSSR count). The molecule has 5 N–H and O–H groups in total. The van der Waals surface area contributed by atoms with Crippen LogP contribution in [0.2, 0.25) is 0 Å². The topological polar surface area (TPSA) is 251 Å². The van der Waals surface area contributed by atoms with Crippen molar-refractivity contribution in [3.8, 4) is 0 Å². The number of nitrogens with one attached hydrogen (secondary N) is 3. The number of amides is 10. The molecule has 0 bridgehead atoms. The van der Waals surface area contributed by atoms with Gasteiger partial charge in [-0.05, 0) is 94.2 Å². The molecule has 0 aliphatic carbocycles. The fourth-order valence-corrected chi connectivity index (χ4v) is 11.2. The molecule has 524 valence electrons. The average Bonchev–Trinajstić information content (AvgIpc) is 1.01. The molecule has 22 nitrogen and oxygen atoms in total. The summed E-state index contributed by atoms with van der Waals surface area (Å²) in [6.45, 7) is 15.0. The van der Waals surface area contributed by atoms with Crippen molar-refractivity contribution in [2.45, 2.75) is 194 Å². The maximum atomic E-state index is 14.9. The van der Waals surface area contributed by atoms with Gasteiger partial charge in [-0.2, -0.15) is 8.78 Å². The highest BCUT2D eigenvalue weighted by atomic mass is 19.3. The molecule has 10 amide bonds. The van der Waals surface area contributed by atoms with Gasteiger partial charge in [-0.1, -0.05) is 116 Å². The Morgan fingerprint density at radius 2 is 1.15 bits per heavy atom. The van der Waals surface area contributed by atoms with Crippen molar-refractivity contribution < 1.29 is 65.4 Å². The molecule has 0 spiro atoms. The van der Waals surface area contributed by atoms with E-state index in [1.54, 1.807) is 74.9 Å². The first-order valence-corrected chi connectivity index (χ1v) is 32.7. The van der Waals surface area contributed by atoms with E-state index >= 15 is 0 Å². The minimum absolute atomic E-state index is 0.0109. The van der Waals surface area contributed by atoms with E-state index < -0.39 is 122 Å². The highest BCUT2D eigenvalue weighted by Crippen LogP contribution is 2.24. The quantitative estimate of drug-likeness (QED) is 0.0340. The number of likely N-dealkylation sites (N-methyl/N-ethyl adjacent to an activating group) is 6. The minimum Gasteiger partial charge on any atom is -0.372 e. The molecule has 2 aromatic rings. The molecule has 2 aromatic carbocycles. The molecule has 1 aliphatic heterocycles. The van der Waals surface area contributed by atoms with E-state index in [2.05, 4.69) is 48.5 Å². The summed E-state index contributed by atoms with van der Waals surface area (Å²) in [5.74, 6) is -10.4. The number of benzene rings is 2. The van der Waals surface area contributed by atoms with Crippen LogP contribution in [0.15, 0.2) is 60.7 Å². The largest absolute Gasteiger partial charge is 0.372 e. The van der Waals surface area contributed by atoms with Crippen molar-refractivity contribution in [1.82, 2.24) is 55.1 Å². The van der Waals surface area contributed by atoms with Crippen molar-refractivity contribution in [2.24, 2.45) is 23.5 Å². The van der Waals surface area contributed by atoms with Gasteiger partial charge in [0.25, 0.3) is 0 Å². The smallest absolute Gasteiger partial charge is 0.330 e. The Morgan fingerprint density at radius 1 is 0.624 bits per heavy atom. The van der Waals surface area contributed by atoms with Crippen LogP contribution in [0.4, 0.5) is 22.4 Å². The number of likely N-dealkylation sites (tertiary alicyclic amines) is 1. The molecule has 1 unspecified atom stereocenters. The van der Waals surface area contributed by atoms with Crippen LogP contribution in [0, 0.1) is 17.8 Å². The number of rotatable bonds is 38. The first-order chi connectivity index (χ1) is 43.6. The van der Waals surface area contributed by atoms with Gasteiger partial charge in [0.15, 0.2) is 0 Å². The van der Waals surface area contributed by atoms with Crippen LogP contribution >= 0.6 is 0 Å². The third-order valence-corrected chi connectivity index (χ3v) is 16.7. The molecular weight excluding hydrogens is 1210 g/mol. The summed E-state index contributed by atoms with van der Waals surface area (Å²) in [4.78, 5) is 140. The van der Waals surface area contributed by atoms with Crippen LogP contribution < -0.4 is 21.7 Å². The van der Waals surface area contributed by atoms with Crippen LogP contribution in [0.3, 0.4) is 0 Å². The molecule has 1 heterocycles. The van der Waals surface area contributed by atoms with Gasteiger partial charge in [0.2, 0.25) is 47.3 Å². The van der Waals surface area contributed by atoms with Gasteiger partial charge < -0.3 is 50.5 Å². The Bertz CT molecular complexity index is 2690. The molecule has 0 aromatic heterocycles. The summed E-state index contributed by atoms with van der Waals surface area (Å²) in [6, 6.07) is 9.22. The van der Waals surface area contributed by atoms with E-state index in [0.29, 0.717) is 37.5 Å². The van der Waals surface area contributed by atoms with E-state index in [4.69, 9.17) is 10.5 Å². The van der Waals surface area contributed by atoms with Gasteiger partial charge in [0.1, 0.15) is 43.2 Å². The monoisotopic (exact) mass is 1320 g/mol. The van der Waals surface area contributed by atoms with Gasteiger partial charge in [0, 0.05) is 80.3 Å². The Labute approximate surface area is 549 Å². The summed E-state index contributed by atoms with van der Waals surface area (Å²) in [5, 5.41) is 8.81. The number of ether oxygens (including phenoxy) is 1. The third kappa shape index (κ3) is 25.8. The summed E-state index contributed by atoms with van der Waals surface area (Å²) < 4.78 is 60.7. The SMILES string of the molecule is CCCN(C(=O)CC(=O)N1CCCCC1)C(=O)N(C)[C@@H](Cc1ccccc1)C(=O)N[C@@H](COCC(F)(F)C(F)F)C(=O)N(C)[C@@H](CC(C)C)C(=O)N[C@@H](CC)C(=O)N(C)CC(=O)N(C)[C@@H](Cc1ccccc1)C(=O)N(C)[C@@H](CC(C)C)NC(C)CN(C)[C@H](N)CC(C)C. The second-order valence-electron chi connectivity index (χ2n) is 26.2. The van der Waals surface area contributed by atoms with Crippen LogP contribution in [0.25, 0.3) is 0 Å². The molecule has 0 saturated carbocycles. The van der Waals surface area contributed by atoms with Crippen molar-refractivity contribution in [3.63, 3.8) is 0 Å². The second kappa shape index (κ2) is 39.2. The summed E-state index contributed by atoms with van der Waals surface area (Å²) in [7, 11) is 8.97. The first kappa shape index (κ1) is 80.5. The lowest BCUT2D eigenvalue weighted by Crippen LogP contribution is -2.61. The van der Waals surface area contributed by atoms with E-state index in [9.17, 15) is 60.7 Å². The molecule has 93 heavy (non-hydrogen) atoms. The number of alkyl halides is 4. The number of piperidine rings is 1. The highest BCUT2D eigenvalue weighted by Gasteiger charge is 2.43. The first-order valence-electron chi connectivity index (χ1n) is 32.7. The number of nitrogens with zero attached hydrogens (tertiary/aromatic N) is 8. The van der Waals surface area contributed by atoms with E-state index in [0.717, 1.165) is 50.8 Å². The fourth-order valence-electron chi connectivity index (χ4n) is 11.2. The molecule has 0 radical (unpaired) electrons. The Morgan fingerprint density at radius 3 is 1.67 bits per heavy atom. The number of carbonyl (C=O) groups excluding carboxylic acids is 9. The Kier molecular flexibility index (Phi) is 33.9. The predicted octanol–water partition coefficient (Wildman–Crippen LogP) is 6.06. The minimum atomic E-state index is -4.68. The number of hydrogen-bond donors (Lipinski definition) is 4. The van der Waals surface area contributed by atoms with Crippen LogP contribution in [0.5, 0.6) is 0 Å². The van der Waals surface area contributed by atoms with Crippen molar-refractivity contribution in [3.05, 3.63) is 71.8 Å². The van der Waals surface area contributed by atoms with Crippen LogP contribution in [0.1, 0.15) is 131 Å². The molecule has 1 aliphatic rings. The molecule has 1 saturated heterocycles. The molecular formula is C67H108F4N12O10. The Balaban J connectivity index is 1.95. The molecule has 26 heteroatoms. The van der Waals surface area contributed by atoms with Crippen molar-refractivity contribution >= 4 is 53.3 Å².